The van der Waals surface area contributed by atoms with E-state index >= 15 is 0 Å². The minimum atomic E-state index is -0.507. The predicted octanol–water partition coefficient (Wildman–Crippen LogP) is 2.00. The molecule has 1 saturated heterocycles. The number of esters is 1. The van der Waals surface area contributed by atoms with Gasteiger partial charge in [0.25, 0.3) is 5.69 Å². The summed E-state index contributed by atoms with van der Waals surface area (Å²) < 4.78 is 10.1. The second-order valence-electron chi connectivity index (χ2n) is 4.78. The van der Waals surface area contributed by atoms with E-state index in [1.165, 1.54) is 25.3 Å². The molecule has 7 heteroatoms. The Kier molecular flexibility index (Phi) is 4.74. The molecule has 1 aliphatic heterocycles. The van der Waals surface area contributed by atoms with E-state index in [1.807, 2.05) is 11.8 Å². The van der Waals surface area contributed by atoms with Crippen LogP contribution >= 0.6 is 0 Å². The molecule has 1 unspecified atom stereocenters. The van der Waals surface area contributed by atoms with Crippen LogP contribution in [0.5, 0.6) is 0 Å². The van der Waals surface area contributed by atoms with Crippen molar-refractivity contribution >= 4 is 17.3 Å². The maximum Gasteiger partial charge on any atom is 0.337 e. The molecule has 7 nitrogen and oxygen atoms in total. The smallest absolute Gasteiger partial charge is 0.337 e. The Hall–Kier alpha value is -2.15. The van der Waals surface area contributed by atoms with Gasteiger partial charge in [-0.15, -0.1) is 0 Å². The molecule has 1 aliphatic rings. The highest BCUT2D eigenvalue weighted by Crippen LogP contribution is 2.32. The number of rotatable bonds is 4. The molecule has 0 saturated carbocycles. The molecule has 0 aliphatic carbocycles. The lowest BCUT2D eigenvalue weighted by Gasteiger charge is -2.36. The van der Waals surface area contributed by atoms with Crippen LogP contribution in [0.3, 0.4) is 0 Å². The summed E-state index contributed by atoms with van der Waals surface area (Å²) in [5.41, 5.74) is 0.737. The van der Waals surface area contributed by atoms with Gasteiger partial charge in [0.2, 0.25) is 0 Å². The molecule has 21 heavy (non-hydrogen) atoms. The summed E-state index contributed by atoms with van der Waals surface area (Å²) >= 11 is 0. The summed E-state index contributed by atoms with van der Waals surface area (Å²) in [4.78, 5) is 24.4. The van der Waals surface area contributed by atoms with Crippen molar-refractivity contribution in [2.45, 2.75) is 19.4 Å². The van der Waals surface area contributed by atoms with Gasteiger partial charge in [-0.1, -0.05) is 6.92 Å². The number of hydrogen-bond donors (Lipinski definition) is 0. The summed E-state index contributed by atoms with van der Waals surface area (Å²) in [6, 6.07) is 4.35. The van der Waals surface area contributed by atoms with E-state index < -0.39 is 10.9 Å². The maximum absolute atomic E-state index is 11.6. The third kappa shape index (κ3) is 3.13. The molecule has 0 bridgehead atoms. The van der Waals surface area contributed by atoms with Gasteiger partial charge in [0.15, 0.2) is 0 Å². The van der Waals surface area contributed by atoms with Crippen LogP contribution in [0.4, 0.5) is 11.4 Å². The van der Waals surface area contributed by atoms with Crippen molar-refractivity contribution in [2.75, 3.05) is 31.8 Å². The summed E-state index contributed by atoms with van der Waals surface area (Å²) in [5, 5.41) is 11.2. The van der Waals surface area contributed by atoms with Gasteiger partial charge in [0, 0.05) is 12.6 Å². The van der Waals surface area contributed by atoms with Crippen LogP contribution < -0.4 is 4.90 Å². The zero-order valence-corrected chi connectivity index (χ0v) is 12.1. The number of hydrogen-bond acceptors (Lipinski definition) is 6. The maximum atomic E-state index is 11.6. The van der Waals surface area contributed by atoms with Crippen LogP contribution in [0.15, 0.2) is 18.2 Å². The lowest BCUT2D eigenvalue weighted by atomic mass is 10.1. The molecule has 0 spiro atoms. The number of methoxy groups -OCH3 is 1. The zero-order valence-electron chi connectivity index (χ0n) is 12.1. The van der Waals surface area contributed by atoms with Gasteiger partial charge < -0.3 is 14.4 Å². The van der Waals surface area contributed by atoms with Crippen molar-refractivity contribution in [1.29, 1.82) is 0 Å². The average Bonchev–Trinajstić information content (AvgIpc) is 2.53. The number of nitro groups is 1. The molecule has 1 aromatic carbocycles. The van der Waals surface area contributed by atoms with Gasteiger partial charge in [0.05, 0.1) is 36.9 Å². The fraction of sp³-hybridized carbons (Fsp3) is 0.500. The highest BCUT2D eigenvalue weighted by molar-refractivity contribution is 5.91. The van der Waals surface area contributed by atoms with Gasteiger partial charge in [-0.05, 0) is 18.6 Å². The molecule has 0 radical (unpaired) electrons. The lowest BCUT2D eigenvalue weighted by Crippen LogP contribution is -2.45. The molecular weight excluding hydrogens is 276 g/mol. The fourth-order valence-corrected chi connectivity index (χ4v) is 2.46. The number of morpholine rings is 1. The molecule has 0 aromatic heterocycles. The molecule has 1 atom stereocenters. The topological polar surface area (TPSA) is 81.9 Å². The van der Waals surface area contributed by atoms with E-state index in [9.17, 15) is 14.9 Å². The van der Waals surface area contributed by atoms with E-state index in [2.05, 4.69) is 4.74 Å². The Balaban J connectivity index is 2.46. The van der Waals surface area contributed by atoms with Gasteiger partial charge in [-0.2, -0.15) is 0 Å². The summed E-state index contributed by atoms with van der Waals surface area (Å²) in [5.74, 6) is -0.507. The molecule has 1 fully saturated rings. The quantitative estimate of drug-likeness (QED) is 0.480. The third-order valence-electron chi connectivity index (χ3n) is 3.60. The second-order valence-corrected chi connectivity index (χ2v) is 4.78. The Bertz CT molecular complexity index is 546. The normalized spacial score (nSPS) is 18.4. The van der Waals surface area contributed by atoms with Crippen molar-refractivity contribution in [3.63, 3.8) is 0 Å². The van der Waals surface area contributed by atoms with E-state index in [-0.39, 0.29) is 11.7 Å². The van der Waals surface area contributed by atoms with Crippen LogP contribution in [0, 0.1) is 10.1 Å². The van der Waals surface area contributed by atoms with Gasteiger partial charge in [-0.25, -0.2) is 4.79 Å². The van der Waals surface area contributed by atoms with Gasteiger partial charge >= 0.3 is 5.97 Å². The largest absolute Gasteiger partial charge is 0.465 e. The Morgan fingerprint density at radius 1 is 1.57 bits per heavy atom. The van der Waals surface area contributed by atoms with E-state index in [1.54, 1.807) is 0 Å². The minimum absolute atomic E-state index is 0.0111. The second kappa shape index (κ2) is 6.53. The molecule has 2 rings (SSSR count). The standard InChI is InChI=1S/C14H18N2O5/c1-3-11-9-21-7-6-15(11)13-8-10(14(17)20-2)4-5-12(13)16(18)19/h4-5,8,11H,3,6-7,9H2,1-2H3. The first-order valence-electron chi connectivity index (χ1n) is 6.79. The Labute approximate surface area is 122 Å². The number of ether oxygens (including phenoxy) is 2. The Morgan fingerprint density at radius 2 is 2.33 bits per heavy atom. The summed E-state index contributed by atoms with van der Waals surface area (Å²) in [6.07, 6.45) is 0.805. The molecular formula is C14H18N2O5. The van der Waals surface area contributed by atoms with Crippen molar-refractivity contribution < 1.29 is 19.2 Å². The number of carbonyl (C=O) groups excluding carboxylic acids is 1. The van der Waals surface area contributed by atoms with Gasteiger partial charge in [0.1, 0.15) is 5.69 Å². The molecule has 114 valence electrons. The number of nitro benzene ring substituents is 1. The number of benzene rings is 1. The third-order valence-corrected chi connectivity index (χ3v) is 3.60. The first-order chi connectivity index (χ1) is 10.1. The molecule has 1 aromatic rings. The predicted molar refractivity (Wildman–Crippen MR) is 76.7 cm³/mol. The van der Waals surface area contributed by atoms with E-state index in [4.69, 9.17) is 4.74 Å². The zero-order chi connectivity index (χ0) is 15.4. The van der Waals surface area contributed by atoms with Crippen molar-refractivity contribution in [3.8, 4) is 0 Å². The van der Waals surface area contributed by atoms with E-state index in [0.717, 1.165) is 6.42 Å². The van der Waals surface area contributed by atoms with Crippen LogP contribution in [-0.4, -0.2) is 43.8 Å². The van der Waals surface area contributed by atoms with Crippen molar-refractivity contribution in [2.24, 2.45) is 0 Å². The first-order valence-corrected chi connectivity index (χ1v) is 6.79. The molecule has 0 amide bonds. The first kappa shape index (κ1) is 15.2. The summed E-state index contributed by atoms with van der Waals surface area (Å²) in [7, 11) is 1.28. The summed E-state index contributed by atoms with van der Waals surface area (Å²) in [6.45, 7) is 3.60. The van der Waals surface area contributed by atoms with Crippen LogP contribution in [0.1, 0.15) is 23.7 Å². The number of anilines is 1. The minimum Gasteiger partial charge on any atom is -0.465 e. The molecule has 1 heterocycles. The fourth-order valence-electron chi connectivity index (χ4n) is 2.46. The van der Waals surface area contributed by atoms with Crippen molar-refractivity contribution in [3.05, 3.63) is 33.9 Å². The average molecular weight is 294 g/mol. The molecule has 0 N–H and O–H groups in total. The lowest BCUT2D eigenvalue weighted by molar-refractivity contribution is -0.384. The SMILES string of the molecule is CCC1COCCN1c1cc(C(=O)OC)ccc1[N+](=O)[O-]. The highest BCUT2D eigenvalue weighted by atomic mass is 16.6. The Morgan fingerprint density at radius 3 is 2.95 bits per heavy atom. The van der Waals surface area contributed by atoms with Gasteiger partial charge in [-0.3, -0.25) is 10.1 Å². The van der Waals surface area contributed by atoms with Crippen LogP contribution in [0.25, 0.3) is 0 Å². The highest BCUT2D eigenvalue weighted by Gasteiger charge is 2.28. The monoisotopic (exact) mass is 294 g/mol. The van der Waals surface area contributed by atoms with Crippen LogP contribution in [-0.2, 0) is 9.47 Å². The van der Waals surface area contributed by atoms with Crippen molar-refractivity contribution in [1.82, 2.24) is 0 Å². The van der Waals surface area contributed by atoms with E-state index in [0.29, 0.717) is 31.0 Å². The number of nitrogens with zero attached hydrogens (tertiary/aromatic N) is 2. The number of carbonyl (C=O) groups is 1. The van der Waals surface area contributed by atoms with Crippen LogP contribution in [0.2, 0.25) is 0 Å².